The summed E-state index contributed by atoms with van der Waals surface area (Å²) in [5.74, 6) is 0.750. The molecule has 170 valence electrons. The number of hydrogen-bond acceptors (Lipinski definition) is 6. The van der Waals surface area contributed by atoms with Gasteiger partial charge in [-0.1, -0.05) is 12.1 Å². The average Bonchev–Trinajstić information content (AvgIpc) is 2.82. The number of nitrogens with one attached hydrogen (secondary N) is 1. The fraction of sp³-hybridized carbons (Fsp3) is 0.250. The Kier molecular flexibility index (Phi) is 8.21. The number of ether oxygens (including phenoxy) is 2. The van der Waals surface area contributed by atoms with Gasteiger partial charge in [0, 0.05) is 6.54 Å². The van der Waals surface area contributed by atoms with E-state index >= 15 is 0 Å². The van der Waals surface area contributed by atoms with Gasteiger partial charge in [0.1, 0.15) is 30.0 Å². The predicted octanol–water partition coefficient (Wildman–Crippen LogP) is 3.24. The minimum Gasteiger partial charge on any atom is -0.497 e. The first kappa shape index (κ1) is 23.7. The standard InChI is InChI=1S/C24H26FNO5S/c1-30-21-8-12-24(13-9-21)32(28,29)23-10-2-18(3-11-23)14-15-26-16-20(27)17-31-22-6-4-19(25)5-7-22/h2-13,20,26-27H,14-17H2,1H3. The van der Waals surface area contributed by atoms with Crippen LogP contribution in [0.2, 0.25) is 0 Å². The van der Waals surface area contributed by atoms with Crippen LogP contribution in [-0.4, -0.2) is 46.4 Å². The van der Waals surface area contributed by atoms with Crippen molar-refractivity contribution in [1.82, 2.24) is 5.32 Å². The van der Waals surface area contributed by atoms with Crippen LogP contribution >= 0.6 is 0 Å². The molecule has 0 bridgehead atoms. The summed E-state index contributed by atoms with van der Waals surface area (Å²) in [5, 5.41) is 13.1. The van der Waals surface area contributed by atoms with Gasteiger partial charge in [0.05, 0.1) is 16.9 Å². The van der Waals surface area contributed by atoms with Crippen LogP contribution in [0.15, 0.2) is 82.6 Å². The minimum atomic E-state index is -3.59. The van der Waals surface area contributed by atoms with E-state index in [0.29, 0.717) is 31.0 Å². The zero-order valence-electron chi connectivity index (χ0n) is 17.7. The number of halogens is 1. The van der Waals surface area contributed by atoms with E-state index in [4.69, 9.17) is 9.47 Å². The highest BCUT2D eigenvalue weighted by Gasteiger charge is 2.17. The summed E-state index contributed by atoms with van der Waals surface area (Å²) in [6.07, 6.45) is -0.0360. The molecule has 2 N–H and O–H groups in total. The van der Waals surface area contributed by atoms with Gasteiger partial charge in [-0.25, -0.2) is 12.8 Å². The summed E-state index contributed by atoms with van der Waals surface area (Å²) in [5.41, 5.74) is 0.975. The van der Waals surface area contributed by atoms with Crippen LogP contribution in [0.4, 0.5) is 4.39 Å². The number of aliphatic hydroxyl groups is 1. The van der Waals surface area contributed by atoms with Crippen molar-refractivity contribution in [2.45, 2.75) is 22.3 Å². The molecule has 0 aliphatic heterocycles. The Morgan fingerprint density at radius 1 is 0.906 bits per heavy atom. The summed E-state index contributed by atoms with van der Waals surface area (Å²) in [6.45, 7) is 1.04. The normalized spacial score (nSPS) is 12.3. The zero-order valence-corrected chi connectivity index (χ0v) is 18.5. The van der Waals surface area contributed by atoms with Gasteiger partial charge in [-0.15, -0.1) is 0 Å². The maximum atomic E-state index is 12.9. The van der Waals surface area contributed by atoms with Gasteiger partial charge in [-0.05, 0) is 79.2 Å². The molecule has 3 aromatic carbocycles. The van der Waals surface area contributed by atoms with E-state index in [1.807, 2.05) is 0 Å². The van der Waals surface area contributed by atoms with Crippen molar-refractivity contribution in [1.29, 1.82) is 0 Å². The first-order chi connectivity index (χ1) is 15.4. The SMILES string of the molecule is COc1ccc(S(=O)(=O)c2ccc(CCNCC(O)COc3ccc(F)cc3)cc2)cc1. The van der Waals surface area contributed by atoms with Gasteiger partial charge >= 0.3 is 0 Å². The van der Waals surface area contributed by atoms with Crippen molar-refractivity contribution in [2.24, 2.45) is 0 Å². The third-order valence-electron chi connectivity index (χ3n) is 4.83. The van der Waals surface area contributed by atoms with Crippen molar-refractivity contribution in [3.63, 3.8) is 0 Å². The maximum absolute atomic E-state index is 12.9. The Balaban J connectivity index is 1.43. The smallest absolute Gasteiger partial charge is 0.206 e. The molecule has 32 heavy (non-hydrogen) atoms. The summed E-state index contributed by atoms with van der Waals surface area (Å²) in [4.78, 5) is 0.442. The lowest BCUT2D eigenvalue weighted by molar-refractivity contribution is 0.106. The molecular formula is C24H26FNO5S. The fourth-order valence-corrected chi connectivity index (χ4v) is 4.27. The van der Waals surface area contributed by atoms with Gasteiger partial charge in [-0.2, -0.15) is 0 Å². The van der Waals surface area contributed by atoms with Gasteiger partial charge in [0.15, 0.2) is 0 Å². The summed E-state index contributed by atoms with van der Waals surface area (Å²) in [7, 11) is -2.06. The maximum Gasteiger partial charge on any atom is 0.206 e. The molecule has 8 heteroatoms. The molecule has 0 amide bonds. The molecule has 0 fully saturated rings. The van der Waals surface area contributed by atoms with Crippen molar-refractivity contribution in [3.8, 4) is 11.5 Å². The number of methoxy groups -OCH3 is 1. The van der Waals surface area contributed by atoms with Crippen LogP contribution in [0, 0.1) is 5.82 Å². The van der Waals surface area contributed by atoms with Crippen LogP contribution in [0.3, 0.4) is 0 Å². The van der Waals surface area contributed by atoms with Crippen molar-refractivity contribution < 1.29 is 27.4 Å². The van der Waals surface area contributed by atoms with Gasteiger partial charge < -0.3 is 19.9 Å². The third kappa shape index (κ3) is 6.53. The second-order valence-electron chi connectivity index (χ2n) is 7.20. The van der Waals surface area contributed by atoms with Crippen LogP contribution in [-0.2, 0) is 16.3 Å². The highest BCUT2D eigenvalue weighted by Crippen LogP contribution is 2.23. The summed E-state index contributed by atoms with van der Waals surface area (Å²) in [6, 6.07) is 18.7. The molecule has 0 aliphatic carbocycles. The second-order valence-corrected chi connectivity index (χ2v) is 9.15. The number of rotatable bonds is 11. The fourth-order valence-electron chi connectivity index (χ4n) is 3.01. The van der Waals surface area contributed by atoms with E-state index in [1.54, 1.807) is 36.4 Å². The Hall–Kier alpha value is -2.94. The van der Waals surface area contributed by atoms with Gasteiger partial charge in [0.25, 0.3) is 0 Å². The minimum absolute atomic E-state index is 0.0938. The zero-order chi connectivity index (χ0) is 23.0. The molecule has 0 aliphatic rings. The quantitative estimate of drug-likeness (QED) is 0.428. The second kappa shape index (κ2) is 11.1. The molecule has 3 aromatic rings. The van der Waals surface area contributed by atoms with Crippen LogP contribution in [0.25, 0.3) is 0 Å². The van der Waals surface area contributed by atoms with E-state index in [0.717, 1.165) is 5.56 Å². The van der Waals surface area contributed by atoms with E-state index < -0.39 is 15.9 Å². The molecule has 6 nitrogen and oxygen atoms in total. The number of aliphatic hydroxyl groups excluding tert-OH is 1. The molecule has 1 atom stereocenters. The van der Waals surface area contributed by atoms with Gasteiger partial charge in [-0.3, -0.25) is 0 Å². The third-order valence-corrected chi connectivity index (χ3v) is 6.62. The molecule has 0 saturated heterocycles. The number of benzene rings is 3. The largest absolute Gasteiger partial charge is 0.497 e. The lowest BCUT2D eigenvalue weighted by atomic mass is 10.1. The number of sulfone groups is 1. The van der Waals surface area contributed by atoms with Crippen molar-refractivity contribution in [2.75, 3.05) is 26.8 Å². The lowest BCUT2D eigenvalue weighted by Crippen LogP contribution is -2.32. The van der Waals surface area contributed by atoms with E-state index in [-0.39, 0.29) is 22.2 Å². The summed E-state index contributed by atoms with van der Waals surface area (Å²) >= 11 is 0. The monoisotopic (exact) mass is 459 g/mol. The van der Waals surface area contributed by atoms with Crippen molar-refractivity contribution in [3.05, 3.63) is 84.2 Å². The predicted molar refractivity (Wildman–Crippen MR) is 119 cm³/mol. The van der Waals surface area contributed by atoms with Crippen LogP contribution < -0.4 is 14.8 Å². The highest BCUT2D eigenvalue weighted by molar-refractivity contribution is 7.91. The molecular weight excluding hydrogens is 433 g/mol. The first-order valence-corrected chi connectivity index (χ1v) is 11.6. The van der Waals surface area contributed by atoms with Crippen molar-refractivity contribution >= 4 is 9.84 Å². The molecule has 0 spiro atoms. The molecule has 0 aromatic heterocycles. The first-order valence-electron chi connectivity index (χ1n) is 10.1. The Bertz CT molecular complexity index is 1080. The highest BCUT2D eigenvalue weighted by atomic mass is 32.2. The average molecular weight is 460 g/mol. The topological polar surface area (TPSA) is 84.9 Å². The molecule has 0 radical (unpaired) electrons. The Morgan fingerprint density at radius 2 is 1.47 bits per heavy atom. The van der Waals surface area contributed by atoms with Crippen LogP contribution in [0.1, 0.15) is 5.56 Å². The molecule has 3 rings (SSSR count). The van der Waals surface area contributed by atoms with Crippen LogP contribution in [0.5, 0.6) is 11.5 Å². The van der Waals surface area contributed by atoms with Gasteiger partial charge in [0.2, 0.25) is 9.84 Å². The van der Waals surface area contributed by atoms with E-state index in [2.05, 4.69) is 5.32 Å². The van der Waals surface area contributed by atoms with E-state index in [1.165, 1.54) is 43.5 Å². The Morgan fingerprint density at radius 3 is 2.06 bits per heavy atom. The molecule has 0 heterocycles. The summed E-state index contributed by atoms with van der Waals surface area (Å²) < 4.78 is 48.8. The Labute approximate surface area is 187 Å². The molecule has 1 unspecified atom stereocenters. The van der Waals surface area contributed by atoms with E-state index in [9.17, 15) is 17.9 Å². The number of hydrogen-bond donors (Lipinski definition) is 2. The lowest BCUT2D eigenvalue weighted by Gasteiger charge is -2.13. The molecule has 0 saturated carbocycles.